The average molecular weight is 229 g/mol. The van der Waals surface area contributed by atoms with Gasteiger partial charge in [0.1, 0.15) is 10.9 Å². The zero-order valence-electron chi connectivity index (χ0n) is 6.38. The highest BCUT2D eigenvalue weighted by molar-refractivity contribution is 9.10. The standard InChI is InChI=1S/C8H6BrFN2/c1-5-2-3-6-7(9)11-4-12(6)8(5)10/h2-4H,1H3. The molecule has 0 saturated carbocycles. The van der Waals surface area contributed by atoms with Crippen LogP contribution in [0.15, 0.2) is 23.1 Å². The van der Waals surface area contributed by atoms with E-state index < -0.39 is 0 Å². The first kappa shape index (κ1) is 7.73. The molecule has 0 bridgehead atoms. The second-order valence-corrected chi connectivity index (χ2v) is 3.35. The molecule has 62 valence electrons. The molecule has 12 heavy (non-hydrogen) atoms. The minimum atomic E-state index is -0.259. The van der Waals surface area contributed by atoms with Crippen LogP contribution in [0.2, 0.25) is 0 Å². The third-order valence-electron chi connectivity index (χ3n) is 1.79. The van der Waals surface area contributed by atoms with Crippen molar-refractivity contribution in [3.63, 3.8) is 0 Å². The number of halogens is 2. The van der Waals surface area contributed by atoms with E-state index in [0.29, 0.717) is 10.2 Å². The van der Waals surface area contributed by atoms with Gasteiger partial charge in [-0.05, 0) is 28.9 Å². The molecule has 0 atom stereocenters. The number of fused-ring (bicyclic) bond motifs is 1. The van der Waals surface area contributed by atoms with Crippen molar-refractivity contribution in [3.8, 4) is 0 Å². The molecule has 0 aromatic carbocycles. The van der Waals surface area contributed by atoms with Gasteiger partial charge in [-0.1, -0.05) is 6.07 Å². The summed E-state index contributed by atoms with van der Waals surface area (Å²) >= 11 is 3.23. The van der Waals surface area contributed by atoms with E-state index in [4.69, 9.17) is 0 Å². The molecule has 0 aliphatic rings. The number of imidazole rings is 1. The van der Waals surface area contributed by atoms with Crippen molar-refractivity contribution in [2.75, 3.05) is 0 Å². The van der Waals surface area contributed by atoms with Crippen molar-refractivity contribution >= 4 is 21.4 Å². The topological polar surface area (TPSA) is 17.3 Å². The molecule has 4 heteroatoms. The Hall–Kier alpha value is -0.900. The molecular weight excluding hydrogens is 223 g/mol. The molecule has 2 nitrogen and oxygen atoms in total. The molecule has 2 heterocycles. The highest BCUT2D eigenvalue weighted by Gasteiger charge is 2.06. The third-order valence-corrected chi connectivity index (χ3v) is 2.40. The summed E-state index contributed by atoms with van der Waals surface area (Å²) in [4.78, 5) is 3.94. The number of aromatic nitrogens is 2. The summed E-state index contributed by atoms with van der Waals surface area (Å²) in [5, 5.41) is 0. The quantitative estimate of drug-likeness (QED) is 0.634. The first-order valence-electron chi connectivity index (χ1n) is 3.48. The van der Waals surface area contributed by atoms with E-state index in [-0.39, 0.29) is 5.95 Å². The van der Waals surface area contributed by atoms with E-state index in [1.807, 2.05) is 6.07 Å². The normalized spacial score (nSPS) is 10.9. The number of aryl methyl sites for hydroxylation is 1. The van der Waals surface area contributed by atoms with Crippen molar-refractivity contribution in [1.82, 2.24) is 9.38 Å². The van der Waals surface area contributed by atoms with Crippen LogP contribution in [0, 0.1) is 12.9 Å². The zero-order chi connectivity index (χ0) is 8.72. The lowest BCUT2D eigenvalue weighted by molar-refractivity contribution is 0.558. The van der Waals surface area contributed by atoms with Crippen LogP contribution in [0.1, 0.15) is 5.56 Å². The number of pyridine rings is 1. The molecule has 0 N–H and O–H groups in total. The Morgan fingerprint density at radius 1 is 1.50 bits per heavy atom. The highest BCUT2D eigenvalue weighted by Crippen LogP contribution is 2.18. The summed E-state index contributed by atoms with van der Waals surface area (Å²) in [5.74, 6) is -0.259. The van der Waals surface area contributed by atoms with Crippen LogP contribution in [-0.4, -0.2) is 9.38 Å². The molecule has 0 fully saturated rings. The lowest BCUT2D eigenvalue weighted by atomic mass is 10.3. The summed E-state index contributed by atoms with van der Waals surface area (Å²) in [6.45, 7) is 1.72. The number of hydrogen-bond acceptors (Lipinski definition) is 1. The molecule has 2 aromatic rings. The number of hydrogen-bond donors (Lipinski definition) is 0. The first-order chi connectivity index (χ1) is 5.70. The Balaban J connectivity index is 2.93. The molecule has 0 aliphatic heterocycles. The monoisotopic (exact) mass is 228 g/mol. The van der Waals surface area contributed by atoms with Gasteiger partial charge >= 0.3 is 0 Å². The number of rotatable bonds is 0. The van der Waals surface area contributed by atoms with Crippen molar-refractivity contribution < 1.29 is 4.39 Å². The molecule has 2 aromatic heterocycles. The maximum absolute atomic E-state index is 13.3. The van der Waals surface area contributed by atoms with Gasteiger partial charge in [-0.25, -0.2) is 4.98 Å². The van der Waals surface area contributed by atoms with E-state index in [0.717, 1.165) is 5.52 Å². The molecule has 0 spiro atoms. The summed E-state index contributed by atoms with van der Waals surface area (Å²) in [7, 11) is 0. The minimum Gasteiger partial charge on any atom is -0.274 e. The van der Waals surface area contributed by atoms with Crippen molar-refractivity contribution in [3.05, 3.63) is 34.6 Å². The second-order valence-electron chi connectivity index (χ2n) is 2.60. The van der Waals surface area contributed by atoms with Crippen LogP contribution in [0.25, 0.3) is 5.52 Å². The van der Waals surface area contributed by atoms with Gasteiger partial charge in [0.2, 0.25) is 5.95 Å². The van der Waals surface area contributed by atoms with E-state index in [9.17, 15) is 4.39 Å². The van der Waals surface area contributed by atoms with E-state index in [2.05, 4.69) is 20.9 Å². The van der Waals surface area contributed by atoms with Crippen LogP contribution >= 0.6 is 15.9 Å². The molecule has 0 radical (unpaired) electrons. The molecule has 0 aliphatic carbocycles. The predicted molar refractivity (Wildman–Crippen MR) is 47.6 cm³/mol. The van der Waals surface area contributed by atoms with E-state index >= 15 is 0 Å². The Morgan fingerprint density at radius 2 is 2.25 bits per heavy atom. The van der Waals surface area contributed by atoms with Gasteiger partial charge in [0.25, 0.3) is 0 Å². The van der Waals surface area contributed by atoms with Crippen molar-refractivity contribution in [2.24, 2.45) is 0 Å². The van der Waals surface area contributed by atoms with E-state index in [1.165, 1.54) is 10.7 Å². The third kappa shape index (κ3) is 0.948. The fourth-order valence-corrected chi connectivity index (χ4v) is 1.52. The SMILES string of the molecule is Cc1ccc2c(Br)ncn2c1F. The van der Waals surface area contributed by atoms with Gasteiger partial charge in [-0.2, -0.15) is 4.39 Å². The molecule has 0 saturated heterocycles. The van der Waals surface area contributed by atoms with Gasteiger partial charge < -0.3 is 0 Å². The highest BCUT2D eigenvalue weighted by atomic mass is 79.9. The molecular formula is C8H6BrFN2. The summed E-state index contributed by atoms with van der Waals surface area (Å²) in [6, 6.07) is 3.56. The molecule has 2 rings (SSSR count). The predicted octanol–water partition coefficient (Wildman–Crippen LogP) is 2.54. The van der Waals surface area contributed by atoms with Gasteiger partial charge in [0, 0.05) is 5.56 Å². The van der Waals surface area contributed by atoms with Gasteiger partial charge in [0.05, 0.1) is 5.52 Å². The van der Waals surface area contributed by atoms with E-state index in [1.54, 1.807) is 13.0 Å². The summed E-state index contributed by atoms with van der Waals surface area (Å²) in [5.41, 5.74) is 1.37. The first-order valence-corrected chi connectivity index (χ1v) is 4.27. The van der Waals surface area contributed by atoms with Gasteiger partial charge in [-0.15, -0.1) is 0 Å². The fourth-order valence-electron chi connectivity index (χ4n) is 1.10. The largest absolute Gasteiger partial charge is 0.274 e. The maximum atomic E-state index is 13.3. The van der Waals surface area contributed by atoms with Crippen LogP contribution in [0.5, 0.6) is 0 Å². The van der Waals surface area contributed by atoms with Crippen LogP contribution in [0.3, 0.4) is 0 Å². The summed E-state index contributed by atoms with van der Waals surface area (Å²) < 4.78 is 15.4. The van der Waals surface area contributed by atoms with Crippen LogP contribution < -0.4 is 0 Å². The van der Waals surface area contributed by atoms with Crippen molar-refractivity contribution in [2.45, 2.75) is 6.92 Å². The number of nitrogens with zero attached hydrogens (tertiary/aromatic N) is 2. The molecule has 0 amide bonds. The lowest BCUT2D eigenvalue weighted by Gasteiger charge is -1.98. The summed E-state index contributed by atoms with van der Waals surface area (Å²) in [6.07, 6.45) is 1.46. The smallest absolute Gasteiger partial charge is 0.202 e. The average Bonchev–Trinajstić information content (AvgIpc) is 2.41. The Bertz CT molecular complexity index is 436. The Morgan fingerprint density at radius 3 is 3.00 bits per heavy atom. The fraction of sp³-hybridized carbons (Fsp3) is 0.125. The van der Waals surface area contributed by atoms with Crippen LogP contribution in [0.4, 0.5) is 4.39 Å². The maximum Gasteiger partial charge on any atom is 0.202 e. The second kappa shape index (κ2) is 2.55. The zero-order valence-corrected chi connectivity index (χ0v) is 7.97. The van der Waals surface area contributed by atoms with Gasteiger partial charge in [0.15, 0.2) is 0 Å². The Labute approximate surface area is 77.2 Å². The lowest BCUT2D eigenvalue weighted by Crippen LogP contribution is -1.93. The Kier molecular flexibility index (Phi) is 1.65. The van der Waals surface area contributed by atoms with Crippen molar-refractivity contribution in [1.29, 1.82) is 0 Å². The minimum absolute atomic E-state index is 0.259. The molecule has 0 unspecified atom stereocenters. The van der Waals surface area contributed by atoms with Gasteiger partial charge in [-0.3, -0.25) is 4.40 Å². The van der Waals surface area contributed by atoms with Crippen LogP contribution in [-0.2, 0) is 0 Å².